The van der Waals surface area contributed by atoms with E-state index in [9.17, 15) is 9.90 Å². The molecular weight excluding hydrogens is 250 g/mol. The van der Waals surface area contributed by atoms with Crippen LogP contribution in [0, 0.1) is 0 Å². The number of nitrogens with zero attached hydrogens (tertiary/aromatic N) is 1. The van der Waals surface area contributed by atoms with Crippen LogP contribution < -0.4 is 0 Å². The summed E-state index contributed by atoms with van der Waals surface area (Å²) in [5.74, 6) is 0.143. The molecule has 2 rings (SSSR count). The molecule has 0 radical (unpaired) electrons. The van der Waals surface area contributed by atoms with Crippen molar-refractivity contribution in [2.24, 2.45) is 0 Å². The van der Waals surface area contributed by atoms with Crippen LogP contribution in [0.15, 0.2) is 24.3 Å². The van der Waals surface area contributed by atoms with Crippen LogP contribution >= 0.6 is 0 Å². The number of carbonyl (C=O) groups is 1. The average molecular weight is 275 g/mol. The van der Waals surface area contributed by atoms with Crippen LogP contribution in [0.4, 0.5) is 0 Å². The smallest absolute Gasteiger partial charge is 0.254 e. The molecule has 1 aromatic carbocycles. The number of carbonyl (C=O) groups excluding carboxylic acids is 1. The van der Waals surface area contributed by atoms with E-state index in [0.717, 1.165) is 43.4 Å². The molecule has 1 heterocycles. The maximum absolute atomic E-state index is 12.4. The van der Waals surface area contributed by atoms with Crippen molar-refractivity contribution in [3.05, 3.63) is 35.4 Å². The molecule has 0 aliphatic carbocycles. The molecule has 0 aromatic heterocycles. The molecule has 3 heteroatoms. The molecule has 1 aliphatic rings. The van der Waals surface area contributed by atoms with Gasteiger partial charge in [0.15, 0.2) is 0 Å². The minimum absolute atomic E-state index is 0.143. The van der Waals surface area contributed by atoms with Gasteiger partial charge in [-0.15, -0.1) is 0 Å². The first-order valence-corrected chi connectivity index (χ1v) is 7.49. The van der Waals surface area contributed by atoms with Crippen molar-refractivity contribution in [1.82, 2.24) is 4.90 Å². The Morgan fingerprint density at radius 3 is 2.50 bits per heavy atom. The monoisotopic (exact) mass is 275 g/mol. The Balaban J connectivity index is 1.99. The van der Waals surface area contributed by atoms with Gasteiger partial charge in [0, 0.05) is 18.2 Å². The third kappa shape index (κ3) is 3.83. The fraction of sp³-hybridized carbons (Fsp3) is 0.588. The Bertz CT molecular complexity index is 459. The number of aryl methyl sites for hydroxylation is 1. The largest absolute Gasteiger partial charge is 0.390 e. The molecule has 1 saturated heterocycles. The summed E-state index contributed by atoms with van der Waals surface area (Å²) in [6.45, 7) is 6.63. The lowest BCUT2D eigenvalue weighted by atomic mass is 9.98. The van der Waals surface area contributed by atoms with E-state index in [-0.39, 0.29) is 5.91 Å². The standard InChI is InChI=1S/C17H25NO2/c1-13-5-4-12-18(13)16(19)15-8-6-14(7-9-15)10-11-17(2,3)20/h6-9,13,20H,4-5,10-12H2,1-3H3/t13-/m0/s1. The van der Waals surface area contributed by atoms with Gasteiger partial charge in [0.1, 0.15) is 0 Å². The molecule has 0 spiro atoms. The molecule has 20 heavy (non-hydrogen) atoms. The van der Waals surface area contributed by atoms with E-state index in [2.05, 4.69) is 6.92 Å². The molecule has 1 aromatic rings. The van der Waals surface area contributed by atoms with Crippen molar-refractivity contribution in [3.8, 4) is 0 Å². The topological polar surface area (TPSA) is 40.5 Å². The third-order valence-electron chi connectivity index (χ3n) is 4.04. The van der Waals surface area contributed by atoms with Crippen LogP contribution in [-0.2, 0) is 6.42 Å². The maximum Gasteiger partial charge on any atom is 0.254 e. The Morgan fingerprint density at radius 2 is 2.00 bits per heavy atom. The summed E-state index contributed by atoms with van der Waals surface area (Å²) >= 11 is 0. The summed E-state index contributed by atoms with van der Waals surface area (Å²) in [7, 11) is 0. The van der Waals surface area contributed by atoms with E-state index in [4.69, 9.17) is 0 Å². The minimum atomic E-state index is -0.639. The summed E-state index contributed by atoms with van der Waals surface area (Å²) in [6, 6.07) is 8.18. The second-order valence-electron chi connectivity index (χ2n) is 6.50. The van der Waals surface area contributed by atoms with Crippen LogP contribution in [0.25, 0.3) is 0 Å². The first-order valence-electron chi connectivity index (χ1n) is 7.49. The van der Waals surface area contributed by atoms with Gasteiger partial charge in [-0.25, -0.2) is 0 Å². The number of rotatable bonds is 4. The van der Waals surface area contributed by atoms with E-state index in [0.29, 0.717) is 6.04 Å². The Hall–Kier alpha value is -1.35. The molecule has 0 bridgehead atoms. The molecule has 110 valence electrons. The fourth-order valence-electron chi connectivity index (χ4n) is 2.67. The van der Waals surface area contributed by atoms with E-state index in [1.54, 1.807) is 0 Å². The Kier molecular flexibility index (Phi) is 4.48. The zero-order valence-corrected chi connectivity index (χ0v) is 12.7. The van der Waals surface area contributed by atoms with Gasteiger partial charge < -0.3 is 10.0 Å². The number of hydrogen-bond acceptors (Lipinski definition) is 2. The van der Waals surface area contributed by atoms with Gasteiger partial charge >= 0.3 is 0 Å². The zero-order valence-electron chi connectivity index (χ0n) is 12.7. The predicted molar refractivity (Wildman–Crippen MR) is 80.8 cm³/mol. The summed E-state index contributed by atoms with van der Waals surface area (Å²) < 4.78 is 0. The molecule has 1 amide bonds. The van der Waals surface area contributed by atoms with Crippen molar-refractivity contribution in [2.75, 3.05) is 6.54 Å². The number of likely N-dealkylation sites (tertiary alicyclic amines) is 1. The molecule has 3 nitrogen and oxygen atoms in total. The maximum atomic E-state index is 12.4. The molecule has 0 unspecified atom stereocenters. The lowest BCUT2D eigenvalue weighted by molar-refractivity contribution is 0.0711. The molecule has 0 saturated carbocycles. The van der Waals surface area contributed by atoms with Crippen molar-refractivity contribution in [2.45, 2.75) is 58.1 Å². The summed E-state index contributed by atoms with van der Waals surface area (Å²) in [5, 5.41) is 9.73. The molecule has 1 N–H and O–H groups in total. The van der Waals surface area contributed by atoms with Gasteiger partial charge in [-0.3, -0.25) is 4.79 Å². The van der Waals surface area contributed by atoms with Crippen LogP contribution in [0.3, 0.4) is 0 Å². The molecular formula is C17H25NO2. The highest BCUT2D eigenvalue weighted by Gasteiger charge is 2.25. The van der Waals surface area contributed by atoms with E-state index in [1.807, 2.05) is 43.0 Å². The lowest BCUT2D eigenvalue weighted by Crippen LogP contribution is -2.33. The van der Waals surface area contributed by atoms with Gasteiger partial charge in [-0.1, -0.05) is 12.1 Å². The second-order valence-corrected chi connectivity index (χ2v) is 6.50. The fourth-order valence-corrected chi connectivity index (χ4v) is 2.67. The predicted octanol–water partition coefficient (Wildman–Crippen LogP) is 3.01. The van der Waals surface area contributed by atoms with Crippen LogP contribution in [-0.4, -0.2) is 34.1 Å². The average Bonchev–Trinajstić information content (AvgIpc) is 2.81. The minimum Gasteiger partial charge on any atom is -0.390 e. The van der Waals surface area contributed by atoms with Gasteiger partial charge in [-0.05, 0) is 64.2 Å². The Morgan fingerprint density at radius 1 is 1.35 bits per heavy atom. The van der Waals surface area contributed by atoms with E-state index in [1.165, 1.54) is 0 Å². The van der Waals surface area contributed by atoms with Crippen LogP contribution in [0.5, 0.6) is 0 Å². The zero-order chi connectivity index (χ0) is 14.8. The van der Waals surface area contributed by atoms with Crippen molar-refractivity contribution >= 4 is 5.91 Å². The van der Waals surface area contributed by atoms with Gasteiger partial charge in [0.25, 0.3) is 5.91 Å². The number of amides is 1. The van der Waals surface area contributed by atoms with Crippen molar-refractivity contribution in [3.63, 3.8) is 0 Å². The molecule has 1 fully saturated rings. The highest BCUT2D eigenvalue weighted by Crippen LogP contribution is 2.20. The highest BCUT2D eigenvalue weighted by atomic mass is 16.3. The van der Waals surface area contributed by atoms with E-state index >= 15 is 0 Å². The van der Waals surface area contributed by atoms with Gasteiger partial charge in [0.05, 0.1) is 5.60 Å². The highest BCUT2D eigenvalue weighted by molar-refractivity contribution is 5.94. The summed E-state index contributed by atoms with van der Waals surface area (Å²) in [5.41, 5.74) is 1.29. The lowest BCUT2D eigenvalue weighted by Gasteiger charge is -2.21. The second kappa shape index (κ2) is 5.96. The quantitative estimate of drug-likeness (QED) is 0.917. The van der Waals surface area contributed by atoms with E-state index < -0.39 is 5.60 Å². The number of aliphatic hydroxyl groups is 1. The number of hydrogen-bond donors (Lipinski definition) is 1. The van der Waals surface area contributed by atoms with Crippen molar-refractivity contribution < 1.29 is 9.90 Å². The first-order chi connectivity index (χ1) is 9.37. The molecule has 1 atom stereocenters. The summed E-state index contributed by atoms with van der Waals surface area (Å²) in [4.78, 5) is 14.3. The number of benzene rings is 1. The summed E-state index contributed by atoms with van der Waals surface area (Å²) in [6.07, 6.45) is 3.77. The molecule has 1 aliphatic heterocycles. The first kappa shape index (κ1) is 15.0. The normalized spacial score (nSPS) is 19.4. The van der Waals surface area contributed by atoms with Gasteiger partial charge in [0.2, 0.25) is 0 Å². The van der Waals surface area contributed by atoms with Gasteiger partial charge in [-0.2, -0.15) is 0 Å². The van der Waals surface area contributed by atoms with Crippen LogP contribution in [0.1, 0.15) is 56.0 Å². The third-order valence-corrected chi connectivity index (χ3v) is 4.04. The van der Waals surface area contributed by atoms with Crippen molar-refractivity contribution in [1.29, 1.82) is 0 Å². The van der Waals surface area contributed by atoms with Crippen LogP contribution in [0.2, 0.25) is 0 Å². The SMILES string of the molecule is C[C@H]1CCCN1C(=O)c1ccc(CCC(C)(C)O)cc1. The Labute approximate surface area is 121 Å².